The first-order valence-corrected chi connectivity index (χ1v) is 15.3. The van der Waals surface area contributed by atoms with Crippen molar-refractivity contribution in [3.8, 4) is 45.5 Å². The second kappa shape index (κ2) is 14.3. The molecule has 1 aliphatic heterocycles. The molecule has 0 bridgehead atoms. The van der Waals surface area contributed by atoms with E-state index in [1.807, 2.05) is 76.7 Å². The van der Waals surface area contributed by atoms with E-state index >= 15 is 0 Å². The zero-order valence-electron chi connectivity index (χ0n) is 25.5. The fourth-order valence-corrected chi connectivity index (χ4v) is 5.29. The Labute approximate surface area is 253 Å². The minimum atomic E-state index is -0.164. The van der Waals surface area contributed by atoms with Gasteiger partial charge in [-0.2, -0.15) is 0 Å². The molecule has 4 aromatic rings. The Morgan fingerprint density at radius 2 is 1.30 bits per heavy atom. The largest absolute Gasteiger partial charge is 0.449 e. The number of aryl methyl sites for hydroxylation is 2. The number of fused-ring (bicyclic) bond motifs is 2. The van der Waals surface area contributed by atoms with Gasteiger partial charge in [-0.1, -0.05) is 13.8 Å². The average Bonchev–Trinajstić information content (AvgIpc) is 3.68. The van der Waals surface area contributed by atoms with Crippen LogP contribution in [0.25, 0.3) is 22.5 Å². The Morgan fingerprint density at radius 3 is 1.79 bits per heavy atom. The van der Waals surface area contributed by atoms with Crippen LogP contribution < -0.4 is 25.4 Å². The number of rotatable bonds is 15. The van der Waals surface area contributed by atoms with Crippen LogP contribution in [-0.4, -0.2) is 59.1 Å². The second-order valence-electron chi connectivity index (χ2n) is 11.3. The summed E-state index contributed by atoms with van der Waals surface area (Å²) in [7, 11) is 3.80. The monoisotopic (exact) mass is 585 g/mol. The maximum absolute atomic E-state index is 12.3. The molecular formula is C33H43N7O3. The van der Waals surface area contributed by atoms with Gasteiger partial charge < -0.3 is 35.4 Å². The summed E-state index contributed by atoms with van der Waals surface area (Å²) in [6, 6.07) is 11.7. The van der Waals surface area contributed by atoms with E-state index in [1.54, 1.807) is 0 Å². The number of nitrogens with one attached hydrogen (secondary N) is 5. The number of aromatic nitrogens is 4. The third-order valence-electron chi connectivity index (χ3n) is 7.70. The van der Waals surface area contributed by atoms with Crippen molar-refractivity contribution in [3.05, 3.63) is 60.4 Å². The van der Waals surface area contributed by atoms with Gasteiger partial charge in [0.1, 0.15) is 11.6 Å². The van der Waals surface area contributed by atoms with Crippen LogP contribution in [0.3, 0.4) is 0 Å². The van der Waals surface area contributed by atoms with Crippen molar-refractivity contribution in [3.63, 3.8) is 0 Å². The number of amides is 1. The lowest BCUT2D eigenvalue weighted by atomic mass is 10.0. The normalized spacial score (nSPS) is 12.8. The van der Waals surface area contributed by atoms with Crippen molar-refractivity contribution in [1.82, 2.24) is 35.9 Å². The molecule has 5 N–H and O–H groups in total. The molecule has 228 valence electrons. The topological polar surface area (TPSA) is 129 Å². The van der Waals surface area contributed by atoms with Gasteiger partial charge in [0, 0.05) is 30.5 Å². The summed E-state index contributed by atoms with van der Waals surface area (Å²) in [4.78, 5) is 28.3. The van der Waals surface area contributed by atoms with Crippen molar-refractivity contribution >= 4 is 5.91 Å². The fraction of sp³-hybridized carbons (Fsp3) is 0.424. The highest BCUT2D eigenvalue weighted by molar-refractivity contribution is 5.81. The SMILES string of the molecule is CNCCCCc1ncc(-c2ccc3c(c2)Oc2ccc(-c4cnc(CCCCNC(=O)[C@@H](NC)C(C)C)[nH]4)cc2O3)[nH]1. The number of hydrogen-bond acceptors (Lipinski definition) is 7. The predicted octanol–water partition coefficient (Wildman–Crippen LogP) is 5.59. The Morgan fingerprint density at radius 1 is 0.767 bits per heavy atom. The molecule has 1 aliphatic rings. The summed E-state index contributed by atoms with van der Waals surface area (Å²) in [5.74, 6) is 4.90. The van der Waals surface area contributed by atoms with Crippen molar-refractivity contribution in [1.29, 1.82) is 0 Å². The average molecular weight is 586 g/mol. The smallest absolute Gasteiger partial charge is 0.237 e. The Balaban J connectivity index is 1.14. The molecule has 0 radical (unpaired) electrons. The molecule has 1 amide bonds. The first-order valence-electron chi connectivity index (χ1n) is 15.3. The molecule has 43 heavy (non-hydrogen) atoms. The molecular weight excluding hydrogens is 542 g/mol. The number of H-pyrrole nitrogens is 2. The minimum absolute atomic E-state index is 0.0534. The van der Waals surface area contributed by atoms with Crippen molar-refractivity contribution in [2.24, 2.45) is 5.92 Å². The highest BCUT2D eigenvalue weighted by atomic mass is 16.6. The van der Waals surface area contributed by atoms with Crippen LogP contribution in [0.4, 0.5) is 0 Å². The number of imidazole rings is 2. The maximum Gasteiger partial charge on any atom is 0.237 e. The van der Waals surface area contributed by atoms with Gasteiger partial charge in [0.2, 0.25) is 5.91 Å². The molecule has 10 heteroatoms. The number of carbonyl (C=O) groups is 1. The Kier molecular flexibility index (Phi) is 10.1. The van der Waals surface area contributed by atoms with Crippen LogP contribution in [0.1, 0.15) is 51.2 Å². The molecule has 1 atom stereocenters. The van der Waals surface area contributed by atoms with E-state index in [9.17, 15) is 4.79 Å². The predicted molar refractivity (Wildman–Crippen MR) is 169 cm³/mol. The quantitative estimate of drug-likeness (QED) is 0.101. The van der Waals surface area contributed by atoms with Gasteiger partial charge in [-0.05, 0) is 88.6 Å². The van der Waals surface area contributed by atoms with Gasteiger partial charge in [0.15, 0.2) is 23.0 Å². The molecule has 3 heterocycles. The van der Waals surface area contributed by atoms with Crippen LogP contribution in [0.2, 0.25) is 0 Å². The van der Waals surface area contributed by atoms with Crippen LogP contribution in [-0.2, 0) is 17.6 Å². The molecule has 10 nitrogen and oxygen atoms in total. The minimum Gasteiger partial charge on any atom is -0.449 e. The molecule has 0 fully saturated rings. The summed E-state index contributed by atoms with van der Waals surface area (Å²) in [6.45, 7) is 5.75. The molecule has 2 aromatic heterocycles. The summed E-state index contributed by atoms with van der Waals surface area (Å²) in [6.07, 6.45) is 9.49. The highest BCUT2D eigenvalue weighted by Gasteiger charge is 2.21. The van der Waals surface area contributed by atoms with E-state index in [4.69, 9.17) is 9.47 Å². The number of aromatic amines is 2. The number of benzene rings is 2. The number of likely N-dealkylation sites (N-methyl/N-ethyl adjacent to an activating group) is 1. The first kappa shape index (κ1) is 30.3. The zero-order chi connectivity index (χ0) is 30.2. The fourth-order valence-electron chi connectivity index (χ4n) is 5.29. The lowest BCUT2D eigenvalue weighted by Gasteiger charge is -2.21. The number of unbranched alkanes of at least 4 members (excludes halogenated alkanes) is 2. The van der Waals surface area contributed by atoms with E-state index in [2.05, 4.69) is 35.9 Å². The van der Waals surface area contributed by atoms with Crippen LogP contribution in [0, 0.1) is 5.92 Å². The molecule has 2 aromatic carbocycles. The van der Waals surface area contributed by atoms with Gasteiger partial charge in [0.25, 0.3) is 0 Å². The van der Waals surface area contributed by atoms with E-state index in [0.29, 0.717) is 29.5 Å². The van der Waals surface area contributed by atoms with Crippen molar-refractivity contribution in [2.75, 3.05) is 27.2 Å². The lowest BCUT2D eigenvalue weighted by molar-refractivity contribution is -0.124. The van der Waals surface area contributed by atoms with Gasteiger partial charge in [-0.25, -0.2) is 9.97 Å². The molecule has 0 aliphatic carbocycles. The van der Waals surface area contributed by atoms with Gasteiger partial charge in [0.05, 0.1) is 29.8 Å². The number of carbonyl (C=O) groups excluding carboxylic acids is 1. The van der Waals surface area contributed by atoms with E-state index < -0.39 is 0 Å². The zero-order valence-corrected chi connectivity index (χ0v) is 25.5. The van der Waals surface area contributed by atoms with Gasteiger partial charge in [-0.3, -0.25) is 4.79 Å². The standard InChI is InChI=1S/C33H43N7O3/c1-21(2)32(35-4)33(41)36-16-8-6-10-31-38-20-25(40-31)23-12-14-27-29(18-23)43-26-13-11-22(17-28(26)42-27)24-19-37-30(39-24)9-5-7-15-34-3/h11-14,17-21,32,34-35H,5-10,15-16H2,1-4H3,(H,36,41)(H,37,39)(H,38,40)/t32-/m0/s1. The van der Waals surface area contributed by atoms with Crippen molar-refractivity contribution in [2.45, 2.75) is 58.4 Å². The molecule has 0 saturated carbocycles. The lowest BCUT2D eigenvalue weighted by Crippen LogP contribution is -2.46. The third kappa shape index (κ3) is 7.63. The Hall–Kier alpha value is -4.15. The highest BCUT2D eigenvalue weighted by Crippen LogP contribution is 2.47. The Bertz CT molecular complexity index is 1510. The number of ether oxygens (including phenoxy) is 2. The van der Waals surface area contributed by atoms with Crippen molar-refractivity contribution < 1.29 is 14.3 Å². The molecule has 5 rings (SSSR count). The molecule has 0 saturated heterocycles. The van der Waals surface area contributed by atoms with Crippen LogP contribution >= 0.6 is 0 Å². The van der Waals surface area contributed by atoms with E-state index in [1.165, 1.54) is 0 Å². The maximum atomic E-state index is 12.3. The van der Waals surface area contributed by atoms with Crippen LogP contribution in [0.5, 0.6) is 23.0 Å². The van der Waals surface area contributed by atoms with Gasteiger partial charge >= 0.3 is 0 Å². The summed E-state index contributed by atoms with van der Waals surface area (Å²) >= 11 is 0. The summed E-state index contributed by atoms with van der Waals surface area (Å²) in [5.41, 5.74) is 3.86. The van der Waals surface area contributed by atoms with Gasteiger partial charge in [-0.15, -0.1) is 0 Å². The second-order valence-corrected chi connectivity index (χ2v) is 11.3. The van der Waals surface area contributed by atoms with Crippen LogP contribution in [0.15, 0.2) is 48.8 Å². The first-order chi connectivity index (χ1) is 20.9. The summed E-state index contributed by atoms with van der Waals surface area (Å²) in [5, 5.41) is 9.29. The molecule has 0 spiro atoms. The number of nitrogens with zero attached hydrogens (tertiary/aromatic N) is 2. The third-order valence-corrected chi connectivity index (χ3v) is 7.70. The van der Waals surface area contributed by atoms with E-state index in [-0.39, 0.29) is 17.9 Å². The molecule has 0 unspecified atom stereocenters. The number of hydrogen-bond donors (Lipinski definition) is 5. The summed E-state index contributed by atoms with van der Waals surface area (Å²) < 4.78 is 12.5. The van der Waals surface area contributed by atoms with E-state index in [0.717, 1.165) is 79.2 Å².